The highest BCUT2D eigenvalue weighted by atomic mass is 16.4. The third-order valence-electron chi connectivity index (χ3n) is 4.09. The molecular formula is C19H18N2O3. The molecule has 0 bridgehead atoms. The zero-order valence-electron chi connectivity index (χ0n) is 13.5. The van der Waals surface area contributed by atoms with Gasteiger partial charge in [-0.15, -0.1) is 0 Å². The van der Waals surface area contributed by atoms with E-state index in [9.17, 15) is 9.59 Å². The summed E-state index contributed by atoms with van der Waals surface area (Å²) in [4.78, 5) is 26.0. The topological polar surface area (TPSA) is 82.2 Å². The van der Waals surface area contributed by atoms with Gasteiger partial charge in [-0.1, -0.05) is 30.3 Å². The predicted octanol–water partition coefficient (Wildman–Crippen LogP) is 3.39. The number of hydrogen-bond acceptors (Lipinski definition) is 3. The number of carbonyl (C=O) groups is 1. The van der Waals surface area contributed by atoms with Crippen LogP contribution in [-0.4, -0.2) is 22.1 Å². The first-order valence-corrected chi connectivity index (χ1v) is 7.68. The minimum Gasteiger partial charge on any atom is -0.480 e. The molecule has 0 spiro atoms. The zero-order chi connectivity index (χ0) is 17.3. The number of carboxylic acid groups (broad SMARTS) is 1. The van der Waals surface area contributed by atoms with Gasteiger partial charge in [-0.25, -0.2) is 0 Å². The number of hydrogen-bond donors (Lipinski definition) is 3. The fraction of sp³-hybridized carbons (Fsp3) is 0.158. The maximum atomic E-state index is 12.2. The van der Waals surface area contributed by atoms with Gasteiger partial charge in [0.05, 0.1) is 0 Å². The molecule has 0 aliphatic rings. The third-order valence-corrected chi connectivity index (χ3v) is 4.09. The molecule has 1 unspecified atom stereocenters. The molecule has 5 heteroatoms. The summed E-state index contributed by atoms with van der Waals surface area (Å²) in [5, 5.41) is 13.2. The molecule has 0 aliphatic heterocycles. The summed E-state index contributed by atoms with van der Waals surface area (Å²) in [6.07, 6.45) is 1.72. The molecule has 0 radical (unpaired) electrons. The van der Waals surface area contributed by atoms with E-state index >= 15 is 0 Å². The molecule has 1 atom stereocenters. The fourth-order valence-electron chi connectivity index (χ4n) is 2.76. The largest absolute Gasteiger partial charge is 0.480 e. The summed E-state index contributed by atoms with van der Waals surface area (Å²) in [5.41, 5.74) is 3.52. The number of aromatic amines is 1. The van der Waals surface area contributed by atoms with Crippen molar-refractivity contribution in [3.8, 4) is 11.1 Å². The van der Waals surface area contributed by atoms with Crippen LogP contribution in [0, 0.1) is 6.92 Å². The van der Waals surface area contributed by atoms with Gasteiger partial charge in [-0.2, -0.15) is 0 Å². The van der Waals surface area contributed by atoms with Crippen molar-refractivity contribution in [2.75, 3.05) is 5.32 Å². The van der Waals surface area contributed by atoms with Crippen LogP contribution in [-0.2, 0) is 4.79 Å². The Balaban J connectivity index is 2.15. The number of aryl methyl sites for hydroxylation is 1. The molecule has 24 heavy (non-hydrogen) atoms. The summed E-state index contributed by atoms with van der Waals surface area (Å²) in [7, 11) is 0. The van der Waals surface area contributed by atoms with Crippen molar-refractivity contribution in [3.63, 3.8) is 0 Å². The second-order valence-corrected chi connectivity index (χ2v) is 5.81. The van der Waals surface area contributed by atoms with Crippen molar-refractivity contribution in [2.45, 2.75) is 19.9 Å². The average Bonchev–Trinajstić information content (AvgIpc) is 2.56. The number of anilines is 1. The zero-order valence-corrected chi connectivity index (χ0v) is 13.5. The molecule has 0 aliphatic carbocycles. The number of rotatable bonds is 4. The van der Waals surface area contributed by atoms with E-state index < -0.39 is 12.0 Å². The van der Waals surface area contributed by atoms with E-state index in [1.807, 2.05) is 37.3 Å². The first-order valence-electron chi connectivity index (χ1n) is 7.68. The highest BCUT2D eigenvalue weighted by Gasteiger charge is 2.13. The van der Waals surface area contributed by atoms with Crippen LogP contribution in [0.25, 0.3) is 21.9 Å². The Kier molecular flexibility index (Phi) is 4.08. The summed E-state index contributed by atoms with van der Waals surface area (Å²) < 4.78 is 0. The number of pyridine rings is 1. The number of aliphatic carboxylic acids is 1. The Morgan fingerprint density at radius 3 is 2.58 bits per heavy atom. The van der Waals surface area contributed by atoms with E-state index in [1.165, 1.54) is 0 Å². The van der Waals surface area contributed by atoms with Gasteiger partial charge < -0.3 is 15.4 Å². The van der Waals surface area contributed by atoms with E-state index in [0.29, 0.717) is 11.1 Å². The van der Waals surface area contributed by atoms with E-state index in [-0.39, 0.29) is 5.56 Å². The Morgan fingerprint density at radius 1 is 1.12 bits per heavy atom. The molecule has 2 aromatic carbocycles. The maximum absolute atomic E-state index is 12.2. The second-order valence-electron chi connectivity index (χ2n) is 5.81. The lowest BCUT2D eigenvalue weighted by molar-refractivity contribution is -0.137. The van der Waals surface area contributed by atoms with E-state index in [0.717, 1.165) is 22.1 Å². The standard InChI is InChI=1S/C19H18N2O3/c1-11-5-3-4-6-14(11)17-10-20-18(22)16-9-13(7-8-15(16)17)21-12(2)19(23)24/h3-10,12,21H,1-2H3,(H,20,22)(H,23,24). The van der Waals surface area contributed by atoms with E-state index in [1.54, 1.807) is 25.3 Å². The average molecular weight is 322 g/mol. The molecule has 1 aromatic heterocycles. The van der Waals surface area contributed by atoms with E-state index in [2.05, 4.69) is 10.3 Å². The van der Waals surface area contributed by atoms with Crippen molar-refractivity contribution in [3.05, 3.63) is 64.6 Å². The molecular weight excluding hydrogens is 304 g/mol. The van der Waals surface area contributed by atoms with Crippen molar-refractivity contribution in [1.82, 2.24) is 4.98 Å². The monoisotopic (exact) mass is 322 g/mol. The summed E-state index contributed by atoms with van der Waals surface area (Å²) in [5.74, 6) is -0.947. The Morgan fingerprint density at radius 2 is 1.88 bits per heavy atom. The van der Waals surface area contributed by atoms with Crippen LogP contribution in [0.1, 0.15) is 12.5 Å². The predicted molar refractivity (Wildman–Crippen MR) is 95.5 cm³/mol. The van der Waals surface area contributed by atoms with Crippen molar-refractivity contribution in [1.29, 1.82) is 0 Å². The van der Waals surface area contributed by atoms with Crippen molar-refractivity contribution in [2.24, 2.45) is 0 Å². The van der Waals surface area contributed by atoms with Crippen LogP contribution >= 0.6 is 0 Å². The number of nitrogens with one attached hydrogen (secondary N) is 2. The molecule has 0 fully saturated rings. The number of H-pyrrole nitrogens is 1. The molecule has 3 aromatic rings. The van der Waals surface area contributed by atoms with Crippen LogP contribution in [0.4, 0.5) is 5.69 Å². The summed E-state index contributed by atoms with van der Waals surface area (Å²) >= 11 is 0. The lowest BCUT2D eigenvalue weighted by Crippen LogP contribution is -2.25. The van der Waals surface area contributed by atoms with Crippen LogP contribution in [0.5, 0.6) is 0 Å². The first kappa shape index (κ1) is 15.8. The molecule has 0 saturated carbocycles. The molecule has 3 N–H and O–H groups in total. The highest BCUT2D eigenvalue weighted by molar-refractivity contribution is 5.98. The minimum atomic E-state index is -0.947. The highest BCUT2D eigenvalue weighted by Crippen LogP contribution is 2.30. The lowest BCUT2D eigenvalue weighted by atomic mass is 9.97. The third kappa shape index (κ3) is 2.88. The van der Waals surface area contributed by atoms with Gasteiger partial charge in [0.2, 0.25) is 0 Å². The van der Waals surface area contributed by atoms with Crippen molar-refractivity contribution < 1.29 is 9.90 Å². The molecule has 0 amide bonds. The number of benzene rings is 2. The fourth-order valence-corrected chi connectivity index (χ4v) is 2.76. The number of aromatic nitrogens is 1. The summed E-state index contributed by atoms with van der Waals surface area (Å²) in [6.45, 7) is 3.58. The van der Waals surface area contributed by atoms with Gasteiger partial charge in [0.15, 0.2) is 0 Å². The minimum absolute atomic E-state index is 0.200. The SMILES string of the molecule is Cc1ccccc1-c1c[nH]c(=O)c2cc(NC(C)C(=O)O)ccc12. The Bertz CT molecular complexity index is 976. The molecule has 3 rings (SSSR count). The van der Waals surface area contributed by atoms with Gasteiger partial charge in [-0.05, 0) is 42.5 Å². The molecule has 122 valence electrons. The summed E-state index contributed by atoms with van der Waals surface area (Å²) in [6, 6.07) is 12.6. The number of carboxylic acids is 1. The number of fused-ring (bicyclic) bond motifs is 1. The Labute approximate surface area is 139 Å². The van der Waals surface area contributed by atoms with Gasteiger partial charge in [0.25, 0.3) is 5.56 Å². The molecule has 5 nitrogen and oxygen atoms in total. The Hall–Kier alpha value is -3.08. The second kappa shape index (κ2) is 6.20. The van der Waals surface area contributed by atoms with Crippen LogP contribution < -0.4 is 10.9 Å². The normalized spacial score (nSPS) is 12.1. The quantitative estimate of drug-likeness (QED) is 0.687. The van der Waals surface area contributed by atoms with Gasteiger partial charge >= 0.3 is 5.97 Å². The molecule has 0 saturated heterocycles. The van der Waals surface area contributed by atoms with Crippen LogP contribution in [0.2, 0.25) is 0 Å². The van der Waals surface area contributed by atoms with Gasteiger partial charge in [0.1, 0.15) is 6.04 Å². The van der Waals surface area contributed by atoms with Crippen LogP contribution in [0.15, 0.2) is 53.5 Å². The molecule has 1 heterocycles. The van der Waals surface area contributed by atoms with Gasteiger partial charge in [0, 0.05) is 22.8 Å². The van der Waals surface area contributed by atoms with E-state index in [4.69, 9.17) is 5.11 Å². The van der Waals surface area contributed by atoms with Gasteiger partial charge in [-0.3, -0.25) is 9.59 Å². The first-order chi connectivity index (χ1) is 11.5. The smallest absolute Gasteiger partial charge is 0.325 e. The maximum Gasteiger partial charge on any atom is 0.325 e. The lowest BCUT2D eigenvalue weighted by Gasteiger charge is -2.13. The van der Waals surface area contributed by atoms with Crippen LogP contribution in [0.3, 0.4) is 0 Å². The van der Waals surface area contributed by atoms with Crippen molar-refractivity contribution >= 4 is 22.4 Å².